The number of hydrogen-bond donors (Lipinski definition) is 1. The second kappa shape index (κ2) is 8.04. The summed E-state index contributed by atoms with van der Waals surface area (Å²) < 4.78 is 10.9. The maximum absolute atomic E-state index is 8.84. The number of rotatable bonds is 4. The summed E-state index contributed by atoms with van der Waals surface area (Å²) in [6, 6.07) is 5.96. The van der Waals surface area contributed by atoms with E-state index < -0.39 is 0 Å². The van der Waals surface area contributed by atoms with E-state index in [1.807, 2.05) is 18.2 Å². The minimum Gasteiger partial charge on any atom is -0.497 e. The molecule has 0 spiro atoms. The van der Waals surface area contributed by atoms with Crippen LogP contribution in [0.4, 0.5) is 0 Å². The van der Waals surface area contributed by atoms with E-state index in [0.29, 0.717) is 6.42 Å². The van der Waals surface area contributed by atoms with Crippen molar-refractivity contribution >= 4 is 0 Å². The zero-order valence-corrected chi connectivity index (χ0v) is 12.8. The second-order valence-corrected chi connectivity index (χ2v) is 5.21. The van der Waals surface area contributed by atoms with Crippen LogP contribution in [-0.2, 0) is 11.3 Å². The van der Waals surface area contributed by atoms with Crippen LogP contribution in [0, 0.1) is 11.8 Å². The molecule has 0 aromatic heterocycles. The minimum atomic E-state index is 0.0967. The van der Waals surface area contributed by atoms with Gasteiger partial charge in [-0.05, 0) is 30.7 Å². The van der Waals surface area contributed by atoms with Crippen LogP contribution in [-0.4, -0.2) is 49.5 Å². The standard InChI is InChI=1S/C17H23NO3/c1-14-12-18(8-10-21-14)13-16-11-17(20-2)7-6-15(16)5-3-4-9-19/h6-7,11,14,19H,4,8-10,12-13H2,1-2H3. The number of nitrogens with zero attached hydrogens (tertiary/aromatic N) is 1. The smallest absolute Gasteiger partial charge is 0.119 e. The van der Waals surface area contributed by atoms with Gasteiger partial charge < -0.3 is 14.6 Å². The first-order valence-corrected chi connectivity index (χ1v) is 7.33. The van der Waals surface area contributed by atoms with Gasteiger partial charge in [0.25, 0.3) is 0 Å². The van der Waals surface area contributed by atoms with E-state index in [1.165, 1.54) is 0 Å². The first kappa shape index (κ1) is 15.8. The lowest BCUT2D eigenvalue weighted by atomic mass is 10.1. The van der Waals surface area contributed by atoms with Gasteiger partial charge in [0.2, 0.25) is 0 Å². The number of hydrogen-bond acceptors (Lipinski definition) is 4. The normalized spacial score (nSPS) is 18.9. The largest absolute Gasteiger partial charge is 0.497 e. The van der Waals surface area contributed by atoms with Gasteiger partial charge in [0.05, 0.1) is 26.4 Å². The van der Waals surface area contributed by atoms with E-state index in [4.69, 9.17) is 14.6 Å². The van der Waals surface area contributed by atoms with Crippen molar-refractivity contribution in [2.75, 3.05) is 33.4 Å². The number of benzene rings is 1. The van der Waals surface area contributed by atoms with Gasteiger partial charge in [-0.2, -0.15) is 0 Å². The fourth-order valence-electron chi connectivity index (χ4n) is 2.44. The van der Waals surface area contributed by atoms with Gasteiger partial charge >= 0.3 is 0 Å². The molecule has 0 saturated carbocycles. The zero-order valence-electron chi connectivity index (χ0n) is 12.8. The van der Waals surface area contributed by atoms with Gasteiger partial charge in [-0.25, -0.2) is 0 Å². The lowest BCUT2D eigenvalue weighted by molar-refractivity contribution is -0.0212. The van der Waals surface area contributed by atoms with E-state index >= 15 is 0 Å². The number of ether oxygens (including phenoxy) is 2. The molecule has 1 aromatic rings. The number of aliphatic hydroxyl groups excluding tert-OH is 1. The van der Waals surface area contributed by atoms with Crippen molar-refractivity contribution in [2.45, 2.75) is 26.0 Å². The molecule has 0 amide bonds. The Hall–Kier alpha value is -1.54. The number of morpholine rings is 1. The van der Waals surface area contributed by atoms with Crippen LogP contribution in [0.5, 0.6) is 5.75 Å². The first-order chi connectivity index (χ1) is 10.2. The van der Waals surface area contributed by atoms with E-state index in [2.05, 4.69) is 23.7 Å². The van der Waals surface area contributed by atoms with Crippen LogP contribution in [0.25, 0.3) is 0 Å². The molecule has 1 unspecified atom stereocenters. The molecule has 1 aromatic carbocycles. The van der Waals surface area contributed by atoms with Crippen molar-refractivity contribution in [3.8, 4) is 17.6 Å². The van der Waals surface area contributed by atoms with E-state index in [1.54, 1.807) is 7.11 Å². The van der Waals surface area contributed by atoms with Gasteiger partial charge in [-0.3, -0.25) is 4.90 Å². The molecule has 1 atom stereocenters. The molecule has 1 saturated heterocycles. The molecule has 0 aliphatic carbocycles. The Bertz CT molecular complexity index is 519. The molecular formula is C17H23NO3. The van der Waals surface area contributed by atoms with Gasteiger partial charge in [-0.1, -0.05) is 11.8 Å². The van der Waals surface area contributed by atoms with Crippen LogP contribution >= 0.6 is 0 Å². The van der Waals surface area contributed by atoms with E-state index in [-0.39, 0.29) is 12.7 Å². The summed E-state index contributed by atoms with van der Waals surface area (Å²) in [5.41, 5.74) is 2.16. The molecule has 21 heavy (non-hydrogen) atoms. The lowest BCUT2D eigenvalue weighted by Crippen LogP contribution is -2.40. The molecule has 1 aliphatic rings. The van der Waals surface area contributed by atoms with Gasteiger partial charge in [0.15, 0.2) is 0 Å². The van der Waals surface area contributed by atoms with Crippen LogP contribution < -0.4 is 4.74 Å². The summed E-state index contributed by atoms with van der Waals surface area (Å²) in [6.07, 6.45) is 0.772. The van der Waals surface area contributed by atoms with Crippen LogP contribution in [0.15, 0.2) is 18.2 Å². The first-order valence-electron chi connectivity index (χ1n) is 7.33. The SMILES string of the molecule is COc1ccc(C#CCCO)c(CN2CCOC(C)C2)c1. The Balaban J connectivity index is 2.16. The molecule has 0 radical (unpaired) electrons. The Kier molecular flexibility index (Phi) is 6.06. The Morgan fingerprint density at radius 2 is 2.33 bits per heavy atom. The third-order valence-electron chi connectivity index (χ3n) is 3.49. The molecular weight excluding hydrogens is 266 g/mol. The summed E-state index contributed by atoms with van der Waals surface area (Å²) in [5.74, 6) is 6.98. The molecule has 4 nitrogen and oxygen atoms in total. The second-order valence-electron chi connectivity index (χ2n) is 5.21. The highest BCUT2D eigenvalue weighted by Gasteiger charge is 2.17. The van der Waals surface area contributed by atoms with Gasteiger partial charge in [0.1, 0.15) is 5.75 Å². The molecule has 1 N–H and O–H groups in total. The summed E-state index contributed by atoms with van der Waals surface area (Å²) in [6.45, 7) is 5.68. The maximum atomic E-state index is 8.84. The van der Waals surface area contributed by atoms with Crippen LogP contribution in [0.1, 0.15) is 24.5 Å². The third-order valence-corrected chi connectivity index (χ3v) is 3.49. The molecule has 2 rings (SSSR count). The highest BCUT2D eigenvalue weighted by Crippen LogP contribution is 2.20. The monoisotopic (exact) mass is 289 g/mol. The Labute approximate surface area is 126 Å². The maximum Gasteiger partial charge on any atom is 0.119 e. The predicted molar refractivity (Wildman–Crippen MR) is 82.3 cm³/mol. The summed E-state index contributed by atoms with van der Waals surface area (Å²) in [7, 11) is 1.67. The van der Waals surface area contributed by atoms with Gasteiger partial charge in [0, 0.05) is 31.6 Å². The average molecular weight is 289 g/mol. The van der Waals surface area contributed by atoms with Crippen molar-refractivity contribution in [1.29, 1.82) is 0 Å². The quantitative estimate of drug-likeness (QED) is 0.856. The van der Waals surface area contributed by atoms with E-state index in [0.717, 1.165) is 43.1 Å². The number of methoxy groups -OCH3 is 1. The zero-order chi connectivity index (χ0) is 15.1. The summed E-state index contributed by atoms with van der Waals surface area (Å²) >= 11 is 0. The predicted octanol–water partition coefficient (Wildman–Crippen LogP) is 1.65. The van der Waals surface area contributed by atoms with Crippen molar-refractivity contribution in [1.82, 2.24) is 4.90 Å². The van der Waals surface area contributed by atoms with Gasteiger partial charge in [-0.15, -0.1) is 0 Å². The highest BCUT2D eigenvalue weighted by atomic mass is 16.5. The molecule has 114 valence electrons. The number of aliphatic hydroxyl groups is 1. The highest BCUT2D eigenvalue weighted by molar-refractivity contribution is 5.45. The molecule has 4 heteroatoms. The molecule has 1 fully saturated rings. The Morgan fingerprint density at radius 1 is 1.48 bits per heavy atom. The third kappa shape index (κ3) is 4.75. The fourth-order valence-corrected chi connectivity index (χ4v) is 2.44. The van der Waals surface area contributed by atoms with Crippen molar-refractivity contribution in [2.24, 2.45) is 0 Å². The summed E-state index contributed by atoms with van der Waals surface area (Å²) in [4.78, 5) is 2.38. The van der Waals surface area contributed by atoms with E-state index in [9.17, 15) is 0 Å². The van der Waals surface area contributed by atoms with Crippen molar-refractivity contribution < 1.29 is 14.6 Å². The fraction of sp³-hybridized carbons (Fsp3) is 0.529. The summed E-state index contributed by atoms with van der Waals surface area (Å²) in [5, 5.41) is 8.84. The van der Waals surface area contributed by atoms with Crippen LogP contribution in [0.2, 0.25) is 0 Å². The molecule has 1 heterocycles. The molecule has 1 aliphatic heterocycles. The van der Waals surface area contributed by atoms with Crippen LogP contribution in [0.3, 0.4) is 0 Å². The van der Waals surface area contributed by atoms with Crippen molar-refractivity contribution in [3.63, 3.8) is 0 Å². The molecule has 0 bridgehead atoms. The topological polar surface area (TPSA) is 41.9 Å². The lowest BCUT2D eigenvalue weighted by Gasteiger charge is -2.31. The minimum absolute atomic E-state index is 0.0967. The van der Waals surface area contributed by atoms with Crippen molar-refractivity contribution in [3.05, 3.63) is 29.3 Å². The Morgan fingerprint density at radius 3 is 3.05 bits per heavy atom. The average Bonchev–Trinajstić information content (AvgIpc) is 2.49.